The zero-order valence-corrected chi connectivity index (χ0v) is 12.0. The van der Waals surface area contributed by atoms with Gasteiger partial charge in [-0.3, -0.25) is 0 Å². The van der Waals surface area contributed by atoms with Crippen molar-refractivity contribution in [2.75, 3.05) is 43.1 Å². The van der Waals surface area contributed by atoms with Crippen molar-refractivity contribution in [1.29, 1.82) is 0 Å². The van der Waals surface area contributed by atoms with Crippen LogP contribution in [0.2, 0.25) is 0 Å². The molecule has 0 spiro atoms. The molecule has 0 saturated carbocycles. The molecule has 0 unspecified atom stereocenters. The second kappa shape index (κ2) is 5.72. The van der Waals surface area contributed by atoms with Crippen LogP contribution >= 0.6 is 0 Å². The van der Waals surface area contributed by atoms with Gasteiger partial charge >= 0.3 is 108 Å². The van der Waals surface area contributed by atoms with E-state index in [0.29, 0.717) is 0 Å². The average Bonchev–Trinajstić information content (AvgIpc) is 2.39. The molecule has 0 radical (unpaired) electrons. The predicted molar refractivity (Wildman–Crippen MR) is 62.7 cm³/mol. The minimum absolute atomic E-state index is 0.260. The number of hydrogen-bond acceptors (Lipinski definition) is 3. The van der Waals surface area contributed by atoms with Crippen molar-refractivity contribution in [3.63, 3.8) is 0 Å². The summed E-state index contributed by atoms with van der Waals surface area (Å²) in [5.74, 6) is 0.988. The quantitative estimate of drug-likeness (QED) is 0.379. The van der Waals surface area contributed by atoms with Crippen LogP contribution in [0.4, 0.5) is 5.69 Å². The van der Waals surface area contributed by atoms with Crippen LogP contribution in [0.15, 0.2) is 24.3 Å². The van der Waals surface area contributed by atoms with E-state index in [1.165, 1.54) is 18.8 Å². The number of para-hydroxylation sites is 2. The van der Waals surface area contributed by atoms with Crippen molar-refractivity contribution in [2.45, 2.75) is 0 Å². The Morgan fingerprint density at radius 3 is 2.44 bits per heavy atom. The number of piperazine rings is 1. The summed E-state index contributed by atoms with van der Waals surface area (Å²) in [7, 11) is 1.74. The Morgan fingerprint density at radius 2 is 1.81 bits per heavy atom. The van der Waals surface area contributed by atoms with Crippen LogP contribution in [0.5, 0.6) is 5.75 Å². The van der Waals surface area contributed by atoms with E-state index in [9.17, 15) is 0 Å². The Kier molecular flexibility index (Phi) is 4.29. The summed E-state index contributed by atoms with van der Waals surface area (Å²) in [6.45, 7) is 4.63. The average molecular weight is 333 g/mol. The molecular weight excluding hydrogens is 315 g/mol. The monoisotopic (exact) mass is 333 g/mol. The molecule has 0 amide bonds. The van der Waals surface area contributed by atoms with Crippen molar-refractivity contribution >= 4 is 5.69 Å². The van der Waals surface area contributed by atoms with E-state index in [2.05, 4.69) is 25.1 Å². The number of ether oxygens (including phenoxy) is 1. The summed E-state index contributed by atoms with van der Waals surface area (Å²) >= 11 is 0.260. The van der Waals surface area contributed by atoms with Crippen LogP contribution in [0, 0.1) is 0 Å². The Balaban J connectivity index is 2.07. The molecule has 1 aromatic rings. The van der Waals surface area contributed by atoms with Crippen LogP contribution in [0.1, 0.15) is 0 Å². The van der Waals surface area contributed by atoms with Crippen LogP contribution in [-0.4, -0.2) is 41.3 Å². The number of methoxy groups -OCH3 is 1. The maximum atomic E-state index is 5.40. The molecule has 0 atom stereocenters. The first-order chi connectivity index (χ1) is 7.85. The molecule has 3 nitrogen and oxygen atoms in total. The van der Waals surface area contributed by atoms with E-state index in [-0.39, 0.29) is 21.5 Å². The second-order valence-corrected chi connectivity index (χ2v) is 6.07. The fourth-order valence-electron chi connectivity index (χ4n) is 1.98. The molecule has 2 rings (SSSR count). The van der Waals surface area contributed by atoms with Crippen molar-refractivity contribution in [3.8, 4) is 5.75 Å². The number of nitrogens with zero attached hydrogens (tertiary/aromatic N) is 2. The summed E-state index contributed by atoms with van der Waals surface area (Å²) in [5, 5.41) is 0. The van der Waals surface area contributed by atoms with E-state index < -0.39 is 0 Å². The topological polar surface area (TPSA) is 15.7 Å². The molecule has 4 heteroatoms. The predicted octanol–water partition coefficient (Wildman–Crippen LogP) is -1.55. The zero-order chi connectivity index (χ0) is 11.4. The van der Waals surface area contributed by atoms with Gasteiger partial charge in [0.05, 0.1) is 0 Å². The standard InChI is InChI=1S/C12H18IN2O/c1-13-15-9-7-14(8-10-15)11-5-3-4-6-12(11)16-2/h3-6H,7-10H2,1-2H3/q-1. The molecule has 0 N–H and O–H groups in total. The van der Waals surface area contributed by atoms with Crippen molar-refractivity contribution < 1.29 is 26.2 Å². The van der Waals surface area contributed by atoms with E-state index in [1.807, 2.05) is 12.1 Å². The van der Waals surface area contributed by atoms with Gasteiger partial charge in [0.25, 0.3) is 0 Å². The second-order valence-electron chi connectivity index (χ2n) is 3.74. The van der Waals surface area contributed by atoms with E-state index in [0.717, 1.165) is 18.8 Å². The molecule has 1 aromatic carbocycles. The van der Waals surface area contributed by atoms with Gasteiger partial charge in [-0.2, -0.15) is 0 Å². The van der Waals surface area contributed by atoms with Gasteiger partial charge in [0.2, 0.25) is 0 Å². The molecule has 1 aliphatic heterocycles. The van der Waals surface area contributed by atoms with Gasteiger partial charge in [-0.05, 0) is 0 Å². The number of anilines is 1. The summed E-state index contributed by atoms with van der Waals surface area (Å²) < 4.78 is 7.99. The van der Waals surface area contributed by atoms with E-state index in [1.54, 1.807) is 7.11 Å². The van der Waals surface area contributed by atoms with Crippen LogP contribution < -0.4 is 31.1 Å². The third-order valence-electron chi connectivity index (χ3n) is 2.89. The number of benzene rings is 1. The third kappa shape index (κ3) is 2.60. The Bertz CT molecular complexity index is 338. The molecule has 1 aliphatic rings. The molecule has 0 aromatic heterocycles. The Hall–Kier alpha value is -0.490. The van der Waals surface area contributed by atoms with Gasteiger partial charge in [-0.1, -0.05) is 0 Å². The van der Waals surface area contributed by atoms with Crippen molar-refractivity contribution in [3.05, 3.63) is 24.3 Å². The molecule has 0 bridgehead atoms. The molecular formula is C12H18IN2O-. The normalized spacial score (nSPS) is 17.8. The number of alkyl halides is 1. The first-order valence-corrected chi connectivity index (χ1v) is 8.60. The first-order valence-electron chi connectivity index (χ1n) is 5.48. The first kappa shape index (κ1) is 12.0. The Labute approximate surface area is 108 Å². The minimum atomic E-state index is 0.260. The summed E-state index contributed by atoms with van der Waals surface area (Å²) in [5.41, 5.74) is 1.24. The van der Waals surface area contributed by atoms with E-state index in [4.69, 9.17) is 4.74 Å². The number of hydrogen-bond donors (Lipinski definition) is 0. The number of rotatable bonds is 3. The van der Waals surface area contributed by atoms with Crippen LogP contribution in [0.3, 0.4) is 0 Å². The molecule has 90 valence electrons. The molecule has 1 saturated heterocycles. The van der Waals surface area contributed by atoms with Crippen molar-refractivity contribution in [2.24, 2.45) is 0 Å². The Morgan fingerprint density at radius 1 is 1.12 bits per heavy atom. The van der Waals surface area contributed by atoms with Gasteiger partial charge in [-0.15, -0.1) is 0 Å². The fourth-order valence-corrected chi connectivity index (χ4v) is 3.38. The van der Waals surface area contributed by atoms with Gasteiger partial charge in [0.15, 0.2) is 0 Å². The van der Waals surface area contributed by atoms with Gasteiger partial charge in [0.1, 0.15) is 0 Å². The molecule has 1 fully saturated rings. The van der Waals surface area contributed by atoms with Gasteiger partial charge in [0, 0.05) is 0 Å². The summed E-state index contributed by atoms with van der Waals surface area (Å²) in [6.07, 6.45) is 0. The fraction of sp³-hybridized carbons (Fsp3) is 0.500. The van der Waals surface area contributed by atoms with Gasteiger partial charge in [-0.25, -0.2) is 0 Å². The zero-order valence-electron chi connectivity index (χ0n) is 9.82. The van der Waals surface area contributed by atoms with Crippen LogP contribution in [-0.2, 0) is 0 Å². The third-order valence-corrected chi connectivity index (χ3v) is 5.22. The summed E-state index contributed by atoms with van der Waals surface area (Å²) in [6, 6.07) is 8.29. The molecule has 0 aliphatic carbocycles. The maximum absolute atomic E-state index is 5.40. The van der Waals surface area contributed by atoms with Crippen LogP contribution in [0.25, 0.3) is 0 Å². The number of halogens is 1. The van der Waals surface area contributed by atoms with E-state index >= 15 is 0 Å². The summed E-state index contributed by atoms with van der Waals surface area (Å²) in [4.78, 5) is 4.76. The molecule has 1 heterocycles. The molecule has 16 heavy (non-hydrogen) atoms. The van der Waals surface area contributed by atoms with Crippen molar-refractivity contribution in [1.82, 2.24) is 3.11 Å². The van der Waals surface area contributed by atoms with Gasteiger partial charge < -0.3 is 0 Å². The SMILES string of the molecule is COc1ccccc1N1CCN([I-]C)CC1.